The molecule has 0 radical (unpaired) electrons. The number of hydrogen-bond donors (Lipinski definition) is 0. The summed E-state index contributed by atoms with van der Waals surface area (Å²) in [7, 11) is -5.67. The average molecular weight is 366 g/mol. The monoisotopic (exact) mass is 366 g/mol. The highest BCUT2D eigenvalue weighted by atomic mass is 32.2. The molecule has 0 unspecified atom stereocenters. The molecule has 3 rings (SSSR count). The maximum Gasteiger partial charge on any atom is 0.534 e. The molecule has 0 fully saturated rings. The van der Waals surface area contributed by atoms with Gasteiger partial charge in [-0.1, -0.05) is 54.6 Å². The fraction of sp³-hybridized carbons (Fsp3) is 0.111. The second-order valence-corrected chi connectivity index (χ2v) is 7.03. The molecule has 7 heteroatoms. The number of halogens is 3. The van der Waals surface area contributed by atoms with Crippen molar-refractivity contribution in [3.8, 4) is 5.75 Å². The van der Waals surface area contributed by atoms with E-state index in [0.29, 0.717) is 12.0 Å². The van der Waals surface area contributed by atoms with E-state index in [2.05, 4.69) is 4.18 Å². The first-order chi connectivity index (χ1) is 11.7. The van der Waals surface area contributed by atoms with Crippen molar-refractivity contribution >= 4 is 20.9 Å². The van der Waals surface area contributed by atoms with E-state index in [-0.39, 0.29) is 5.75 Å². The van der Waals surface area contributed by atoms with Crippen LogP contribution in [-0.2, 0) is 16.5 Å². The SMILES string of the molecule is O=S(=O)(Oc1cccc(Cc2ccc3ccccc3c2)c1)C(F)(F)F. The van der Waals surface area contributed by atoms with Gasteiger partial charge in [-0.15, -0.1) is 0 Å². The van der Waals surface area contributed by atoms with Gasteiger partial charge in [0.1, 0.15) is 5.75 Å². The number of benzene rings is 3. The number of hydrogen-bond acceptors (Lipinski definition) is 3. The summed E-state index contributed by atoms with van der Waals surface area (Å²) >= 11 is 0. The predicted molar refractivity (Wildman–Crippen MR) is 88.8 cm³/mol. The zero-order valence-corrected chi connectivity index (χ0v) is 13.6. The Morgan fingerprint density at radius 2 is 1.48 bits per heavy atom. The first-order valence-electron chi connectivity index (χ1n) is 7.32. The van der Waals surface area contributed by atoms with Crippen molar-refractivity contribution in [2.75, 3.05) is 0 Å². The van der Waals surface area contributed by atoms with Gasteiger partial charge in [-0.2, -0.15) is 21.6 Å². The summed E-state index contributed by atoms with van der Waals surface area (Å²) in [5, 5.41) is 2.13. The third-order valence-corrected chi connectivity index (χ3v) is 4.59. The highest BCUT2D eigenvalue weighted by Crippen LogP contribution is 2.28. The molecule has 0 bridgehead atoms. The van der Waals surface area contributed by atoms with Crippen molar-refractivity contribution in [2.24, 2.45) is 0 Å². The predicted octanol–water partition coefficient (Wildman–Crippen LogP) is 4.66. The minimum absolute atomic E-state index is 0.365. The molecule has 0 atom stereocenters. The van der Waals surface area contributed by atoms with Crippen LogP contribution in [0.15, 0.2) is 66.7 Å². The third-order valence-electron chi connectivity index (χ3n) is 3.61. The smallest absolute Gasteiger partial charge is 0.376 e. The minimum atomic E-state index is -5.67. The molecule has 0 amide bonds. The van der Waals surface area contributed by atoms with Gasteiger partial charge in [0, 0.05) is 0 Å². The minimum Gasteiger partial charge on any atom is -0.376 e. The van der Waals surface area contributed by atoms with Crippen LogP contribution >= 0.6 is 0 Å². The topological polar surface area (TPSA) is 43.4 Å². The van der Waals surface area contributed by atoms with Crippen molar-refractivity contribution in [1.29, 1.82) is 0 Å². The lowest BCUT2D eigenvalue weighted by molar-refractivity contribution is -0.0500. The van der Waals surface area contributed by atoms with Gasteiger partial charge in [0.05, 0.1) is 0 Å². The molecule has 0 aromatic heterocycles. The molecule has 3 nitrogen and oxygen atoms in total. The van der Waals surface area contributed by atoms with Crippen LogP contribution in [0.5, 0.6) is 5.75 Å². The number of rotatable bonds is 4. The molecule has 0 saturated carbocycles. The molecule has 0 heterocycles. The lowest BCUT2D eigenvalue weighted by Crippen LogP contribution is -2.28. The van der Waals surface area contributed by atoms with E-state index in [1.807, 2.05) is 42.5 Å². The van der Waals surface area contributed by atoms with Crippen LogP contribution in [0.2, 0.25) is 0 Å². The molecule has 3 aromatic carbocycles. The van der Waals surface area contributed by atoms with Crippen molar-refractivity contribution in [3.63, 3.8) is 0 Å². The van der Waals surface area contributed by atoms with E-state index in [0.717, 1.165) is 16.3 Å². The van der Waals surface area contributed by atoms with Crippen LogP contribution in [0, 0.1) is 0 Å². The Labute approximate surface area is 142 Å². The lowest BCUT2D eigenvalue weighted by atomic mass is 10.0. The molecule has 25 heavy (non-hydrogen) atoms. The van der Waals surface area contributed by atoms with E-state index in [4.69, 9.17) is 0 Å². The van der Waals surface area contributed by atoms with Gasteiger partial charge in [0.2, 0.25) is 0 Å². The normalized spacial score (nSPS) is 12.3. The van der Waals surface area contributed by atoms with E-state index in [1.54, 1.807) is 6.07 Å². The average Bonchev–Trinajstić information content (AvgIpc) is 2.53. The summed E-state index contributed by atoms with van der Waals surface area (Å²) in [5.41, 5.74) is -3.86. The van der Waals surface area contributed by atoms with Gasteiger partial charge in [-0.3, -0.25) is 0 Å². The zero-order chi connectivity index (χ0) is 18.1. The second-order valence-electron chi connectivity index (χ2n) is 5.49. The van der Waals surface area contributed by atoms with Gasteiger partial charge in [-0.05, 0) is 40.5 Å². The first kappa shape index (κ1) is 17.3. The summed E-state index contributed by atoms with van der Waals surface area (Å²) in [6.07, 6.45) is 0.439. The summed E-state index contributed by atoms with van der Waals surface area (Å²) in [6, 6.07) is 19.3. The Morgan fingerprint density at radius 1 is 0.800 bits per heavy atom. The van der Waals surface area contributed by atoms with E-state index in [1.165, 1.54) is 18.2 Å². The number of alkyl halides is 3. The van der Waals surface area contributed by atoms with Crippen LogP contribution < -0.4 is 4.18 Å². The van der Waals surface area contributed by atoms with Crippen molar-refractivity contribution in [1.82, 2.24) is 0 Å². The van der Waals surface area contributed by atoms with E-state index < -0.39 is 15.6 Å². The van der Waals surface area contributed by atoms with Crippen LogP contribution in [-0.4, -0.2) is 13.9 Å². The molecular weight excluding hydrogens is 353 g/mol. The van der Waals surface area contributed by atoms with Gasteiger partial charge < -0.3 is 4.18 Å². The lowest BCUT2D eigenvalue weighted by Gasteiger charge is -2.10. The first-order valence-corrected chi connectivity index (χ1v) is 8.73. The summed E-state index contributed by atoms with van der Waals surface area (Å²) in [4.78, 5) is 0. The Balaban J connectivity index is 1.84. The largest absolute Gasteiger partial charge is 0.534 e. The van der Waals surface area contributed by atoms with Gasteiger partial charge in [0.25, 0.3) is 0 Å². The maximum atomic E-state index is 12.4. The Hall–Kier alpha value is -2.54. The molecule has 0 N–H and O–H groups in total. The Kier molecular flexibility index (Phi) is 4.43. The number of fused-ring (bicyclic) bond motifs is 1. The Morgan fingerprint density at radius 3 is 2.20 bits per heavy atom. The van der Waals surface area contributed by atoms with Gasteiger partial charge in [0.15, 0.2) is 0 Å². The van der Waals surface area contributed by atoms with Crippen molar-refractivity contribution in [2.45, 2.75) is 11.9 Å². The van der Waals surface area contributed by atoms with Crippen molar-refractivity contribution < 1.29 is 25.8 Å². The quantitative estimate of drug-likeness (QED) is 0.498. The molecule has 0 aliphatic carbocycles. The summed E-state index contributed by atoms with van der Waals surface area (Å²) in [5.74, 6) is -0.365. The molecule has 0 aliphatic heterocycles. The fourth-order valence-electron chi connectivity index (χ4n) is 2.47. The third kappa shape index (κ3) is 3.93. The maximum absolute atomic E-state index is 12.4. The van der Waals surface area contributed by atoms with Crippen LogP contribution in [0.25, 0.3) is 10.8 Å². The van der Waals surface area contributed by atoms with Crippen molar-refractivity contribution in [3.05, 3.63) is 77.9 Å². The zero-order valence-electron chi connectivity index (χ0n) is 12.8. The molecular formula is C18H13F3O3S. The Bertz CT molecular complexity index is 1010. The van der Waals surface area contributed by atoms with Gasteiger partial charge >= 0.3 is 15.6 Å². The molecule has 0 aliphatic rings. The van der Waals surface area contributed by atoms with Crippen LogP contribution in [0.3, 0.4) is 0 Å². The highest BCUT2D eigenvalue weighted by molar-refractivity contribution is 7.88. The van der Waals surface area contributed by atoms with E-state index >= 15 is 0 Å². The summed E-state index contributed by atoms with van der Waals surface area (Å²) < 4.78 is 63.5. The van der Waals surface area contributed by atoms with Gasteiger partial charge in [-0.25, -0.2) is 0 Å². The standard InChI is InChI=1S/C18H13F3O3S/c19-18(20,21)25(22,23)24-17-7-3-4-13(12-17)10-14-8-9-15-5-1-2-6-16(15)11-14/h1-9,11-12H,10H2. The summed E-state index contributed by atoms with van der Waals surface area (Å²) in [6.45, 7) is 0. The molecule has 0 spiro atoms. The molecule has 130 valence electrons. The fourth-order valence-corrected chi connectivity index (χ4v) is 2.92. The molecule has 3 aromatic rings. The molecule has 0 saturated heterocycles. The van der Waals surface area contributed by atoms with E-state index in [9.17, 15) is 21.6 Å². The van der Waals surface area contributed by atoms with Crippen LogP contribution in [0.4, 0.5) is 13.2 Å². The van der Waals surface area contributed by atoms with Crippen LogP contribution in [0.1, 0.15) is 11.1 Å². The highest BCUT2D eigenvalue weighted by Gasteiger charge is 2.48. The second kappa shape index (κ2) is 6.40.